The summed E-state index contributed by atoms with van der Waals surface area (Å²) in [4.78, 5) is 11.9. The van der Waals surface area contributed by atoms with Crippen LogP contribution in [0.15, 0.2) is 48.5 Å². The fraction of sp³-hybridized carbons (Fsp3) is 0.235. The smallest absolute Gasteiger partial charge is 0.323 e. The number of anilines is 2. The second-order valence-electron chi connectivity index (χ2n) is 4.92. The van der Waals surface area contributed by atoms with E-state index in [4.69, 9.17) is 10.2 Å². The Morgan fingerprint density at radius 3 is 1.41 bits per heavy atom. The van der Waals surface area contributed by atoms with Crippen LogP contribution in [0.4, 0.5) is 16.2 Å². The molecule has 116 valence electrons. The summed E-state index contributed by atoms with van der Waals surface area (Å²) in [7, 11) is 0. The minimum absolute atomic E-state index is 0.111. The van der Waals surface area contributed by atoms with E-state index in [-0.39, 0.29) is 19.2 Å². The zero-order chi connectivity index (χ0) is 15.8. The number of carbonyl (C=O) groups is 1. The number of aliphatic hydroxyl groups excluding tert-OH is 2. The van der Waals surface area contributed by atoms with Gasteiger partial charge in [0.05, 0.1) is 0 Å². The van der Waals surface area contributed by atoms with Crippen molar-refractivity contribution >= 4 is 17.4 Å². The number of amides is 2. The van der Waals surface area contributed by atoms with Crippen molar-refractivity contribution in [1.82, 2.24) is 0 Å². The standard InChI is InChI=1S/C17H20N2O3/c20-11-9-13-1-5-15(6-2-13)18-17(22)19-16-7-3-14(4-8-16)10-12-21/h1-8,20-21H,9-12H2,(H2,18,19,22). The SMILES string of the molecule is O=C(Nc1ccc(CCO)cc1)Nc1ccc(CCO)cc1. The van der Waals surface area contributed by atoms with Crippen LogP contribution in [0.3, 0.4) is 0 Å². The lowest BCUT2D eigenvalue weighted by molar-refractivity contribution is 0.262. The Labute approximate surface area is 129 Å². The minimum Gasteiger partial charge on any atom is -0.396 e. The highest BCUT2D eigenvalue weighted by Gasteiger charge is 2.03. The van der Waals surface area contributed by atoms with Gasteiger partial charge in [-0.05, 0) is 48.2 Å². The molecule has 2 rings (SSSR count). The van der Waals surface area contributed by atoms with Gasteiger partial charge in [0.25, 0.3) is 0 Å². The third kappa shape index (κ3) is 4.87. The zero-order valence-electron chi connectivity index (χ0n) is 12.2. The number of nitrogens with one attached hydrogen (secondary N) is 2. The molecule has 0 spiro atoms. The van der Waals surface area contributed by atoms with Gasteiger partial charge in [0.2, 0.25) is 0 Å². The third-order valence-corrected chi connectivity index (χ3v) is 3.22. The van der Waals surface area contributed by atoms with Crippen LogP contribution in [0.2, 0.25) is 0 Å². The van der Waals surface area contributed by atoms with Crippen molar-refractivity contribution in [3.05, 3.63) is 59.7 Å². The predicted molar refractivity (Wildman–Crippen MR) is 87.1 cm³/mol. The average Bonchev–Trinajstić information content (AvgIpc) is 2.52. The fourth-order valence-corrected chi connectivity index (χ4v) is 2.06. The second kappa shape index (κ2) is 8.17. The summed E-state index contributed by atoms with van der Waals surface area (Å²) >= 11 is 0. The Morgan fingerprint density at radius 1 is 0.727 bits per heavy atom. The van der Waals surface area contributed by atoms with Crippen LogP contribution in [0.1, 0.15) is 11.1 Å². The van der Waals surface area contributed by atoms with Gasteiger partial charge in [-0.15, -0.1) is 0 Å². The number of rotatable bonds is 6. The molecular formula is C17H20N2O3. The Kier molecular flexibility index (Phi) is 5.94. The van der Waals surface area contributed by atoms with Crippen LogP contribution >= 0.6 is 0 Å². The molecule has 5 heteroatoms. The molecule has 0 saturated carbocycles. The largest absolute Gasteiger partial charge is 0.396 e. The lowest BCUT2D eigenvalue weighted by atomic mass is 10.1. The van der Waals surface area contributed by atoms with Gasteiger partial charge >= 0.3 is 6.03 Å². The minimum atomic E-state index is -0.315. The van der Waals surface area contributed by atoms with Crippen LogP contribution in [-0.2, 0) is 12.8 Å². The van der Waals surface area contributed by atoms with Crippen LogP contribution < -0.4 is 10.6 Å². The normalized spacial score (nSPS) is 10.3. The Morgan fingerprint density at radius 2 is 1.09 bits per heavy atom. The van der Waals surface area contributed by atoms with E-state index < -0.39 is 0 Å². The van der Waals surface area contributed by atoms with E-state index in [1.807, 2.05) is 24.3 Å². The molecule has 2 aromatic carbocycles. The second-order valence-corrected chi connectivity index (χ2v) is 4.92. The molecule has 0 aliphatic heterocycles. The summed E-state index contributed by atoms with van der Waals surface area (Å²) in [6, 6.07) is 14.4. The van der Waals surface area contributed by atoms with Crippen LogP contribution in [-0.4, -0.2) is 29.5 Å². The van der Waals surface area contributed by atoms with E-state index in [0.717, 1.165) is 11.1 Å². The molecule has 0 aliphatic carbocycles. The number of aliphatic hydroxyl groups is 2. The van der Waals surface area contributed by atoms with Gasteiger partial charge < -0.3 is 20.8 Å². The predicted octanol–water partition coefficient (Wildman–Crippen LogP) is 2.40. The molecule has 0 unspecified atom stereocenters. The van der Waals surface area contributed by atoms with E-state index in [9.17, 15) is 4.79 Å². The van der Waals surface area contributed by atoms with Crippen LogP contribution in [0.25, 0.3) is 0 Å². The summed E-state index contributed by atoms with van der Waals surface area (Å²) in [5.41, 5.74) is 3.42. The first kappa shape index (κ1) is 16.0. The first-order valence-electron chi connectivity index (χ1n) is 7.19. The van der Waals surface area contributed by atoms with Gasteiger partial charge in [0.1, 0.15) is 0 Å². The van der Waals surface area contributed by atoms with Gasteiger partial charge in [-0.3, -0.25) is 0 Å². The molecule has 0 aliphatic rings. The Balaban J connectivity index is 1.89. The van der Waals surface area contributed by atoms with Gasteiger partial charge in [0.15, 0.2) is 0 Å². The lowest BCUT2D eigenvalue weighted by Crippen LogP contribution is -2.19. The zero-order valence-corrected chi connectivity index (χ0v) is 12.2. The van der Waals surface area contributed by atoms with E-state index in [0.29, 0.717) is 24.2 Å². The quantitative estimate of drug-likeness (QED) is 0.661. The van der Waals surface area contributed by atoms with Crippen molar-refractivity contribution in [2.24, 2.45) is 0 Å². The number of carbonyl (C=O) groups excluding carboxylic acids is 1. The van der Waals surface area contributed by atoms with Crippen molar-refractivity contribution in [3.63, 3.8) is 0 Å². The molecule has 2 amide bonds. The van der Waals surface area contributed by atoms with Crippen LogP contribution in [0, 0.1) is 0 Å². The lowest BCUT2D eigenvalue weighted by Gasteiger charge is -2.09. The summed E-state index contributed by atoms with van der Waals surface area (Å²) in [6.07, 6.45) is 1.21. The van der Waals surface area contributed by atoms with Gasteiger partial charge in [-0.25, -0.2) is 4.79 Å². The number of hydrogen-bond donors (Lipinski definition) is 4. The first-order chi connectivity index (χ1) is 10.7. The molecule has 2 aromatic rings. The average molecular weight is 300 g/mol. The maximum absolute atomic E-state index is 11.9. The highest BCUT2D eigenvalue weighted by Crippen LogP contribution is 2.13. The van der Waals surface area contributed by atoms with Crippen LogP contribution in [0.5, 0.6) is 0 Å². The van der Waals surface area contributed by atoms with Crippen molar-refractivity contribution in [1.29, 1.82) is 0 Å². The highest BCUT2D eigenvalue weighted by atomic mass is 16.3. The Bertz CT molecular complexity index is 541. The fourth-order valence-electron chi connectivity index (χ4n) is 2.06. The Hall–Kier alpha value is -2.37. The molecular weight excluding hydrogens is 280 g/mol. The number of urea groups is 1. The first-order valence-corrected chi connectivity index (χ1v) is 7.19. The topological polar surface area (TPSA) is 81.6 Å². The number of hydrogen-bond acceptors (Lipinski definition) is 3. The monoisotopic (exact) mass is 300 g/mol. The summed E-state index contributed by atoms with van der Waals surface area (Å²) in [6.45, 7) is 0.221. The molecule has 22 heavy (non-hydrogen) atoms. The van der Waals surface area contributed by atoms with E-state index in [1.54, 1.807) is 24.3 Å². The molecule has 5 nitrogen and oxygen atoms in total. The van der Waals surface area contributed by atoms with E-state index in [2.05, 4.69) is 10.6 Å². The molecule has 0 fully saturated rings. The molecule has 0 bridgehead atoms. The molecule has 0 heterocycles. The van der Waals surface area contributed by atoms with Crippen molar-refractivity contribution < 1.29 is 15.0 Å². The van der Waals surface area contributed by atoms with Crippen molar-refractivity contribution in [3.8, 4) is 0 Å². The highest BCUT2D eigenvalue weighted by molar-refractivity contribution is 5.99. The summed E-state index contributed by atoms with van der Waals surface area (Å²) in [5.74, 6) is 0. The molecule has 0 aromatic heterocycles. The van der Waals surface area contributed by atoms with E-state index >= 15 is 0 Å². The molecule has 0 radical (unpaired) electrons. The molecule has 0 saturated heterocycles. The van der Waals surface area contributed by atoms with E-state index in [1.165, 1.54) is 0 Å². The van der Waals surface area contributed by atoms with Crippen molar-refractivity contribution in [2.45, 2.75) is 12.8 Å². The number of benzene rings is 2. The van der Waals surface area contributed by atoms with Crippen molar-refractivity contribution in [2.75, 3.05) is 23.8 Å². The van der Waals surface area contributed by atoms with Gasteiger partial charge in [0, 0.05) is 24.6 Å². The molecule has 0 atom stereocenters. The molecule has 4 N–H and O–H groups in total. The summed E-state index contributed by atoms with van der Waals surface area (Å²) < 4.78 is 0. The maximum Gasteiger partial charge on any atom is 0.323 e. The van der Waals surface area contributed by atoms with Gasteiger partial charge in [-0.1, -0.05) is 24.3 Å². The summed E-state index contributed by atoms with van der Waals surface area (Å²) in [5, 5.41) is 23.2. The van der Waals surface area contributed by atoms with Gasteiger partial charge in [-0.2, -0.15) is 0 Å². The maximum atomic E-state index is 11.9. The third-order valence-electron chi connectivity index (χ3n) is 3.22.